The number of fused-ring (bicyclic) bond motifs is 10. The molecule has 16 aromatic rings. The number of rotatable bonds is 10. The van der Waals surface area contributed by atoms with Crippen LogP contribution < -0.4 is 26.2 Å². The van der Waals surface area contributed by atoms with Crippen LogP contribution in [0.2, 0.25) is 0 Å². The van der Waals surface area contributed by atoms with E-state index >= 15 is 0 Å². The maximum Gasteiger partial charge on any atom is 0.252 e. The molecule has 13 aromatic carbocycles. The Kier molecular flexibility index (Phi) is 12.9. The van der Waals surface area contributed by atoms with Crippen molar-refractivity contribution >= 4 is 79.0 Å². The van der Waals surface area contributed by atoms with Crippen molar-refractivity contribution in [2.24, 2.45) is 0 Å². The second-order valence-electron chi connectivity index (χ2n) is 25.9. The molecule has 0 N–H and O–H groups in total. The van der Waals surface area contributed by atoms with Gasteiger partial charge in [0.1, 0.15) is 0 Å². The van der Waals surface area contributed by atoms with E-state index in [1.807, 2.05) is 66.7 Å². The van der Waals surface area contributed by atoms with Crippen molar-refractivity contribution in [3.05, 3.63) is 333 Å². The first-order valence-electron chi connectivity index (χ1n) is 33.2. The van der Waals surface area contributed by atoms with Crippen molar-refractivity contribution in [1.29, 1.82) is 0 Å². The third kappa shape index (κ3) is 9.11. The van der Waals surface area contributed by atoms with Gasteiger partial charge in [0.15, 0.2) is 23.3 Å². The summed E-state index contributed by atoms with van der Waals surface area (Å²) in [6.45, 7) is 4.78. The van der Waals surface area contributed by atoms with Gasteiger partial charge in [0, 0.05) is 83.7 Å². The summed E-state index contributed by atoms with van der Waals surface area (Å²) in [7, 11) is 0. The molecule has 3 aliphatic rings. The topological polar surface area (TPSA) is 75.9 Å². The first kappa shape index (κ1) is 56.0. The van der Waals surface area contributed by atoms with Gasteiger partial charge in [0.25, 0.3) is 6.71 Å². The minimum absolute atomic E-state index is 0.0755. The molecule has 0 unspecified atom stereocenters. The highest BCUT2D eigenvalue weighted by atomic mass is 15.2. The van der Waals surface area contributed by atoms with Gasteiger partial charge in [-0.2, -0.15) is 0 Å². The molecule has 0 atom stereocenters. The maximum atomic E-state index is 5.68. The number of hydrogen-bond acceptors (Lipinski definition) is 7. The van der Waals surface area contributed by atoms with Crippen LogP contribution in [0.15, 0.2) is 322 Å². The standard InChI is InChI=1S/C88H59BN8/c1-88(2)70-34-17-15-32-65(70)67-53-68-66-33-16-20-37-76(66)97(82(68)54-71(67)88)77-51-48-62(86-93-84(60-26-9-4-10-27-60)92-85(94-86)61-28-11-5-12-29-61)52-69(77)87-90-74(58-24-7-3-8-25-58)55-75(91-87)59-44-42-56(43-45-59)57-46-49-64(50-47-57)96-79-39-22-19-36-73(79)89-72-35-18-21-38-78(72)95(63-30-13-6-14-31-63)80-40-23-41-81(96)83(80)89/h3-55H,1-2H3. The summed E-state index contributed by atoms with van der Waals surface area (Å²) in [4.78, 5) is 31.8. The van der Waals surface area contributed by atoms with Crippen molar-refractivity contribution in [1.82, 2.24) is 29.5 Å². The molecule has 19 rings (SSSR count). The molecule has 0 radical (unpaired) electrons. The van der Waals surface area contributed by atoms with Crippen molar-refractivity contribution < 1.29 is 0 Å². The van der Waals surface area contributed by atoms with Crippen LogP contribution >= 0.6 is 0 Å². The van der Waals surface area contributed by atoms with E-state index in [9.17, 15) is 0 Å². The van der Waals surface area contributed by atoms with Gasteiger partial charge >= 0.3 is 0 Å². The van der Waals surface area contributed by atoms with Crippen LogP contribution in [0.3, 0.4) is 0 Å². The third-order valence-corrected chi connectivity index (χ3v) is 20.1. The van der Waals surface area contributed by atoms with Gasteiger partial charge in [-0.25, -0.2) is 24.9 Å². The molecule has 454 valence electrons. The molecule has 3 aromatic heterocycles. The van der Waals surface area contributed by atoms with Crippen LogP contribution in [0, 0.1) is 0 Å². The number of hydrogen-bond donors (Lipinski definition) is 0. The lowest BCUT2D eigenvalue weighted by molar-refractivity contribution is 0.661. The zero-order valence-corrected chi connectivity index (χ0v) is 53.3. The largest absolute Gasteiger partial charge is 0.311 e. The van der Waals surface area contributed by atoms with E-state index < -0.39 is 0 Å². The van der Waals surface area contributed by atoms with E-state index in [1.165, 1.54) is 66.8 Å². The monoisotopic (exact) mass is 1240 g/mol. The normalized spacial score (nSPS) is 13.1. The summed E-state index contributed by atoms with van der Waals surface area (Å²) < 4.78 is 2.42. The second-order valence-corrected chi connectivity index (χ2v) is 25.9. The fourth-order valence-corrected chi connectivity index (χ4v) is 15.5. The van der Waals surface area contributed by atoms with Gasteiger partial charge in [-0.1, -0.05) is 244 Å². The van der Waals surface area contributed by atoms with Crippen molar-refractivity contribution in [3.8, 4) is 96.0 Å². The number of aromatic nitrogens is 6. The highest BCUT2D eigenvalue weighted by molar-refractivity contribution is 7.00. The minimum atomic E-state index is -0.228. The Labute approximate surface area is 562 Å². The van der Waals surface area contributed by atoms with Crippen molar-refractivity contribution in [3.63, 3.8) is 0 Å². The number of para-hydroxylation sites is 4. The second kappa shape index (κ2) is 22.3. The zero-order valence-electron chi connectivity index (χ0n) is 53.3. The molecule has 0 saturated carbocycles. The summed E-state index contributed by atoms with van der Waals surface area (Å²) in [5.41, 5.74) is 28.1. The molecular weight excluding hydrogens is 1180 g/mol. The third-order valence-electron chi connectivity index (χ3n) is 20.1. The first-order valence-corrected chi connectivity index (χ1v) is 33.2. The van der Waals surface area contributed by atoms with Gasteiger partial charge in [-0.15, -0.1) is 0 Å². The van der Waals surface area contributed by atoms with Gasteiger partial charge < -0.3 is 14.4 Å². The van der Waals surface area contributed by atoms with Crippen LogP contribution in [0.4, 0.5) is 34.1 Å². The molecule has 2 aliphatic heterocycles. The highest BCUT2D eigenvalue weighted by Crippen LogP contribution is 2.52. The fourth-order valence-electron chi connectivity index (χ4n) is 15.5. The van der Waals surface area contributed by atoms with Crippen LogP contribution in [0.25, 0.3) is 118 Å². The molecule has 0 amide bonds. The van der Waals surface area contributed by atoms with Gasteiger partial charge in [-0.3, -0.25) is 0 Å². The SMILES string of the molecule is CC1(C)c2ccccc2-c2cc3c4ccccc4n(-c4ccc(-c5nc(-c6ccccc6)nc(-c6ccccc6)n5)cc4-c4nc(-c5ccccc5)cc(-c5ccc(-c6ccc(N7c8ccccc8B8c9ccccc9N(c9ccccc9)c9cccc7c98)cc6)cc5)n4)c3cc21. The quantitative estimate of drug-likeness (QED) is 0.126. The van der Waals surface area contributed by atoms with Crippen LogP contribution in [0.5, 0.6) is 0 Å². The summed E-state index contributed by atoms with van der Waals surface area (Å²) in [5, 5.41) is 2.34. The van der Waals surface area contributed by atoms with Crippen molar-refractivity contribution in [2.75, 3.05) is 9.80 Å². The van der Waals surface area contributed by atoms with Gasteiger partial charge in [0.2, 0.25) is 0 Å². The Hall–Kier alpha value is -12.6. The summed E-state index contributed by atoms with van der Waals surface area (Å²) in [5.74, 6) is 2.28. The lowest BCUT2D eigenvalue weighted by Crippen LogP contribution is -2.61. The zero-order chi connectivity index (χ0) is 64.3. The average molecular weight is 1240 g/mol. The smallest absolute Gasteiger partial charge is 0.252 e. The van der Waals surface area contributed by atoms with Crippen LogP contribution in [0.1, 0.15) is 25.0 Å². The van der Waals surface area contributed by atoms with Gasteiger partial charge in [-0.05, 0) is 141 Å². The Morgan fingerprint density at radius 1 is 0.278 bits per heavy atom. The molecule has 0 saturated heterocycles. The summed E-state index contributed by atoms with van der Waals surface area (Å²) in [6.07, 6.45) is 0. The lowest BCUT2D eigenvalue weighted by atomic mass is 9.33. The van der Waals surface area contributed by atoms with E-state index in [2.05, 4.69) is 283 Å². The Morgan fingerprint density at radius 3 is 1.38 bits per heavy atom. The predicted molar refractivity (Wildman–Crippen MR) is 399 cm³/mol. The van der Waals surface area contributed by atoms with E-state index in [0.29, 0.717) is 23.3 Å². The van der Waals surface area contributed by atoms with Crippen molar-refractivity contribution in [2.45, 2.75) is 19.3 Å². The molecule has 8 nitrogen and oxygen atoms in total. The van der Waals surface area contributed by atoms with Gasteiger partial charge in [0.05, 0.1) is 28.1 Å². The maximum absolute atomic E-state index is 5.68. The molecule has 5 heterocycles. The predicted octanol–water partition coefficient (Wildman–Crippen LogP) is 19.8. The van der Waals surface area contributed by atoms with Crippen LogP contribution in [-0.4, -0.2) is 36.2 Å². The summed E-state index contributed by atoms with van der Waals surface area (Å²) >= 11 is 0. The summed E-state index contributed by atoms with van der Waals surface area (Å²) in [6, 6.07) is 115. The molecule has 1 aliphatic carbocycles. The molecule has 0 fully saturated rings. The van der Waals surface area contributed by atoms with E-state index in [1.54, 1.807) is 0 Å². The number of nitrogens with zero attached hydrogens (tertiary/aromatic N) is 8. The Bertz CT molecular complexity index is 5740. The molecule has 0 spiro atoms. The van der Waals surface area contributed by atoms with Crippen LogP contribution in [-0.2, 0) is 5.41 Å². The molecule has 0 bridgehead atoms. The Morgan fingerprint density at radius 2 is 0.753 bits per heavy atom. The lowest BCUT2D eigenvalue weighted by Gasteiger charge is -2.44. The fraction of sp³-hybridized carbons (Fsp3) is 0.0341. The Balaban J connectivity index is 0.751. The molecule has 97 heavy (non-hydrogen) atoms. The molecular formula is C88H59BN8. The number of benzene rings is 13. The first-order chi connectivity index (χ1) is 47.9. The van der Waals surface area contributed by atoms with E-state index in [4.69, 9.17) is 24.9 Å². The number of anilines is 6. The van der Waals surface area contributed by atoms with E-state index in [-0.39, 0.29) is 12.1 Å². The minimum Gasteiger partial charge on any atom is -0.311 e. The highest BCUT2D eigenvalue weighted by Gasteiger charge is 2.43. The average Bonchev–Trinajstić information content (AvgIpc) is 1.33. The van der Waals surface area contributed by atoms with E-state index in [0.717, 1.165) is 89.4 Å². The molecule has 9 heteroatoms.